The summed E-state index contributed by atoms with van der Waals surface area (Å²) in [6, 6.07) is 1.17. The highest BCUT2D eigenvalue weighted by atomic mass is 35.5. The fraction of sp³-hybridized carbons (Fsp3) is 1.00. The SMILES string of the molecule is CCC(C)NC1CCCCCC1Cl. The van der Waals surface area contributed by atoms with Crippen molar-refractivity contribution in [2.75, 3.05) is 0 Å². The van der Waals surface area contributed by atoms with Gasteiger partial charge < -0.3 is 5.32 Å². The molecular weight excluding hydrogens is 182 g/mol. The molecule has 1 fully saturated rings. The van der Waals surface area contributed by atoms with Crippen molar-refractivity contribution in [1.82, 2.24) is 5.32 Å². The Kier molecular flexibility index (Phi) is 5.12. The molecular formula is C11H22ClN. The molecule has 13 heavy (non-hydrogen) atoms. The fourth-order valence-corrected chi connectivity index (χ4v) is 2.29. The first kappa shape index (κ1) is 11.3. The molecule has 1 aliphatic rings. The quantitative estimate of drug-likeness (QED) is 0.548. The van der Waals surface area contributed by atoms with E-state index >= 15 is 0 Å². The highest BCUT2D eigenvalue weighted by Gasteiger charge is 2.22. The average molecular weight is 204 g/mol. The summed E-state index contributed by atoms with van der Waals surface area (Å²) >= 11 is 6.33. The van der Waals surface area contributed by atoms with Gasteiger partial charge in [0.15, 0.2) is 0 Å². The minimum absolute atomic E-state index is 0.358. The van der Waals surface area contributed by atoms with E-state index in [1.165, 1.54) is 38.5 Å². The van der Waals surface area contributed by atoms with Gasteiger partial charge in [-0.1, -0.05) is 26.2 Å². The zero-order valence-electron chi connectivity index (χ0n) is 8.85. The van der Waals surface area contributed by atoms with Crippen molar-refractivity contribution in [2.24, 2.45) is 0 Å². The second-order valence-corrected chi connectivity index (χ2v) is 4.80. The Bertz CT molecular complexity index is 138. The first-order valence-corrected chi connectivity index (χ1v) is 6.07. The third-order valence-corrected chi connectivity index (χ3v) is 3.56. The molecule has 0 amide bonds. The Morgan fingerprint density at radius 2 is 2.00 bits per heavy atom. The Morgan fingerprint density at radius 1 is 1.31 bits per heavy atom. The van der Waals surface area contributed by atoms with Crippen LogP contribution in [0.4, 0.5) is 0 Å². The van der Waals surface area contributed by atoms with E-state index in [1.807, 2.05) is 0 Å². The van der Waals surface area contributed by atoms with E-state index in [4.69, 9.17) is 11.6 Å². The van der Waals surface area contributed by atoms with E-state index in [0.717, 1.165) is 0 Å². The van der Waals surface area contributed by atoms with Crippen molar-refractivity contribution in [3.05, 3.63) is 0 Å². The van der Waals surface area contributed by atoms with Gasteiger partial charge in [0.1, 0.15) is 0 Å². The third-order valence-electron chi connectivity index (χ3n) is 3.04. The molecule has 1 rings (SSSR count). The molecule has 0 aromatic heterocycles. The Hall–Kier alpha value is 0.250. The molecule has 0 heterocycles. The van der Waals surface area contributed by atoms with Crippen LogP contribution in [0.1, 0.15) is 52.4 Å². The highest BCUT2D eigenvalue weighted by Crippen LogP contribution is 2.22. The molecule has 0 aromatic carbocycles. The summed E-state index contributed by atoms with van der Waals surface area (Å²) in [6.07, 6.45) is 7.67. The van der Waals surface area contributed by atoms with Crippen LogP contribution in [0.2, 0.25) is 0 Å². The number of halogens is 1. The molecule has 2 heteroatoms. The summed E-state index contributed by atoms with van der Waals surface area (Å²) < 4.78 is 0. The molecule has 1 nitrogen and oxygen atoms in total. The van der Waals surface area contributed by atoms with Crippen molar-refractivity contribution in [3.63, 3.8) is 0 Å². The van der Waals surface area contributed by atoms with Crippen molar-refractivity contribution in [3.8, 4) is 0 Å². The molecule has 0 radical (unpaired) electrons. The van der Waals surface area contributed by atoms with Gasteiger partial charge in [0.25, 0.3) is 0 Å². The molecule has 1 saturated carbocycles. The van der Waals surface area contributed by atoms with Gasteiger partial charge in [-0.15, -0.1) is 11.6 Å². The van der Waals surface area contributed by atoms with E-state index < -0.39 is 0 Å². The van der Waals surface area contributed by atoms with Crippen molar-refractivity contribution in [2.45, 2.75) is 69.8 Å². The summed E-state index contributed by atoms with van der Waals surface area (Å²) in [5.41, 5.74) is 0. The van der Waals surface area contributed by atoms with Crippen molar-refractivity contribution >= 4 is 11.6 Å². The molecule has 0 aliphatic heterocycles. The number of nitrogens with one attached hydrogen (secondary N) is 1. The monoisotopic (exact) mass is 203 g/mol. The molecule has 0 saturated heterocycles. The first-order valence-electron chi connectivity index (χ1n) is 5.64. The van der Waals surface area contributed by atoms with E-state index in [2.05, 4.69) is 19.2 Å². The fourth-order valence-electron chi connectivity index (χ4n) is 1.93. The van der Waals surface area contributed by atoms with Crippen LogP contribution in [0.3, 0.4) is 0 Å². The molecule has 78 valence electrons. The number of hydrogen-bond acceptors (Lipinski definition) is 1. The lowest BCUT2D eigenvalue weighted by Gasteiger charge is -2.24. The van der Waals surface area contributed by atoms with Crippen LogP contribution in [0.15, 0.2) is 0 Å². The lowest BCUT2D eigenvalue weighted by Crippen LogP contribution is -2.41. The molecule has 3 unspecified atom stereocenters. The van der Waals surface area contributed by atoms with E-state index in [9.17, 15) is 0 Å². The van der Waals surface area contributed by atoms with Gasteiger partial charge in [-0.05, 0) is 26.2 Å². The van der Waals surface area contributed by atoms with E-state index in [0.29, 0.717) is 17.5 Å². The second-order valence-electron chi connectivity index (χ2n) is 4.24. The summed E-state index contributed by atoms with van der Waals surface area (Å²) in [4.78, 5) is 0. The minimum Gasteiger partial charge on any atom is -0.310 e. The van der Waals surface area contributed by atoms with Crippen molar-refractivity contribution < 1.29 is 0 Å². The number of rotatable bonds is 3. The maximum absolute atomic E-state index is 6.33. The summed E-state index contributed by atoms with van der Waals surface area (Å²) in [5, 5.41) is 3.98. The van der Waals surface area contributed by atoms with Gasteiger partial charge >= 0.3 is 0 Å². The Balaban J connectivity index is 2.35. The van der Waals surface area contributed by atoms with Crippen LogP contribution in [-0.2, 0) is 0 Å². The van der Waals surface area contributed by atoms with Gasteiger partial charge in [-0.25, -0.2) is 0 Å². The third kappa shape index (κ3) is 3.86. The smallest absolute Gasteiger partial charge is 0.0489 e. The summed E-state index contributed by atoms with van der Waals surface area (Å²) in [7, 11) is 0. The lowest BCUT2D eigenvalue weighted by molar-refractivity contribution is 0.405. The van der Waals surface area contributed by atoms with Crippen LogP contribution < -0.4 is 5.32 Å². The minimum atomic E-state index is 0.358. The van der Waals surface area contributed by atoms with Gasteiger partial charge in [-0.2, -0.15) is 0 Å². The summed E-state index contributed by atoms with van der Waals surface area (Å²) in [6.45, 7) is 4.46. The van der Waals surface area contributed by atoms with Gasteiger partial charge in [0, 0.05) is 17.5 Å². The zero-order chi connectivity index (χ0) is 9.68. The predicted octanol–water partition coefficient (Wildman–Crippen LogP) is 3.31. The van der Waals surface area contributed by atoms with Crippen LogP contribution in [0.5, 0.6) is 0 Å². The molecule has 0 bridgehead atoms. The Labute approximate surface area is 87.2 Å². The van der Waals surface area contributed by atoms with Crippen molar-refractivity contribution in [1.29, 1.82) is 0 Å². The zero-order valence-corrected chi connectivity index (χ0v) is 9.61. The molecule has 1 aliphatic carbocycles. The van der Waals surface area contributed by atoms with Gasteiger partial charge in [0.05, 0.1) is 0 Å². The summed E-state index contributed by atoms with van der Waals surface area (Å²) in [5.74, 6) is 0. The number of hydrogen-bond donors (Lipinski definition) is 1. The second kappa shape index (κ2) is 5.87. The molecule has 0 spiro atoms. The van der Waals surface area contributed by atoms with Crippen LogP contribution in [-0.4, -0.2) is 17.5 Å². The Morgan fingerprint density at radius 3 is 2.69 bits per heavy atom. The molecule has 3 atom stereocenters. The van der Waals surface area contributed by atoms with E-state index in [-0.39, 0.29) is 0 Å². The van der Waals surface area contributed by atoms with Gasteiger partial charge in [0.2, 0.25) is 0 Å². The normalized spacial score (nSPS) is 32.5. The predicted molar refractivity (Wildman–Crippen MR) is 59.4 cm³/mol. The largest absolute Gasteiger partial charge is 0.310 e. The molecule has 0 aromatic rings. The highest BCUT2D eigenvalue weighted by molar-refractivity contribution is 6.21. The van der Waals surface area contributed by atoms with Gasteiger partial charge in [-0.3, -0.25) is 0 Å². The maximum Gasteiger partial charge on any atom is 0.0489 e. The average Bonchev–Trinajstić information content (AvgIpc) is 2.32. The topological polar surface area (TPSA) is 12.0 Å². The molecule has 1 N–H and O–H groups in total. The maximum atomic E-state index is 6.33. The lowest BCUT2D eigenvalue weighted by atomic mass is 10.1. The standard InChI is InChI=1S/C11H22ClN/c1-3-9(2)13-11-8-6-4-5-7-10(11)12/h9-11,13H,3-8H2,1-2H3. The van der Waals surface area contributed by atoms with Crippen LogP contribution >= 0.6 is 11.6 Å². The van der Waals surface area contributed by atoms with Crippen LogP contribution in [0.25, 0.3) is 0 Å². The number of alkyl halides is 1. The van der Waals surface area contributed by atoms with Crippen LogP contribution in [0, 0.1) is 0 Å². The first-order chi connectivity index (χ1) is 6.24. The van der Waals surface area contributed by atoms with E-state index in [1.54, 1.807) is 0 Å².